The second-order valence-corrected chi connectivity index (χ2v) is 10.2. The van der Waals surface area contributed by atoms with Crippen LogP contribution in [0.3, 0.4) is 0 Å². The van der Waals surface area contributed by atoms with Gasteiger partial charge in [0, 0.05) is 11.9 Å². The number of nitrogens with zero attached hydrogens (tertiary/aromatic N) is 1. The summed E-state index contributed by atoms with van der Waals surface area (Å²) in [6.45, 7) is 1.73. The number of sulfonamides is 1. The van der Waals surface area contributed by atoms with E-state index in [9.17, 15) is 13.2 Å². The summed E-state index contributed by atoms with van der Waals surface area (Å²) in [6, 6.07) is 23.8. The van der Waals surface area contributed by atoms with Crippen molar-refractivity contribution in [2.75, 3.05) is 19.8 Å². The molecule has 0 aliphatic carbocycles. The Morgan fingerprint density at radius 3 is 2.10 bits per heavy atom. The van der Waals surface area contributed by atoms with Crippen molar-refractivity contribution < 1.29 is 13.2 Å². The molecular formula is C24H26N2O3S2. The van der Waals surface area contributed by atoms with E-state index in [-0.39, 0.29) is 23.4 Å². The summed E-state index contributed by atoms with van der Waals surface area (Å²) >= 11 is 1.54. The highest BCUT2D eigenvalue weighted by Crippen LogP contribution is 2.23. The fourth-order valence-corrected chi connectivity index (χ4v) is 4.72. The van der Waals surface area contributed by atoms with E-state index in [1.54, 1.807) is 24.3 Å². The number of carbonyl (C=O) groups is 1. The average Bonchev–Trinajstić information content (AvgIpc) is 2.78. The van der Waals surface area contributed by atoms with Crippen LogP contribution in [0.1, 0.15) is 22.7 Å². The van der Waals surface area contributed by atoms with Gasteiger partial charge in [0.25, 0.3) is 0 Å². The molecule has 0 heterocycles. The predicted octanol–water partition coefficient (Wildman–Crippen LogP) is 4.24. The third kappa shape index (κ3) is 5.76. The first kappa shape index (κ1) is 23.1. The molecule has 0 aliphatic rings. The molecular weight excluding hydrogens is 428 g/mol. The molecule has 162 valence electrons. The number of hydrogen-bond acceptors (Lipinski definition) is 4. The number of rotatable bonds is 8. The molecule has 0 saturated heterocycles. The van der Waals surface area contributed by atoms with Gasteiger partial charge in [0.1, 0.15) is 0 Å². The van der Waals surface area contributed by atoms with Crippen molar-refractivity contribution in [3.63, 3.8) is 0 Å². The average molecular weight is 455 g/mol. The molecule has 3 aromatic carbocycles. The number of hydrogen-bond donors (Lipinski definition) is 1. The van der Waals surface area contributed by atoms with E-state index in [0.29, 0.717) is 0 Å². The van der Waals surface area contributed by atoms with Gasteiger partial charge >= 0.3 is 0 Å². The number of carbonyl (C=O) groups excluding carboxylic acids is 1. The van der Waals surface area contributed by atoms with Crippen LogP contribution >= 0.6 is 11.8 Å². The van der Waals surface area contributed by atoms with E-state index >= 15 is 0 Å². The van der Waals surface area contributed by atoms with Crippen LogP contribution in [0, 0.1) is 6.92 Å². The number of thioether (sulfide) groups is 1. The van der Waals surface area contributed by atoms with Crippen LogP contribution in [0.5, 0.6) is 0 Å². The molecule has 0 aliphatic heterocycles. The standard InChI is InChI=1S/C24H26N2O3S2/c1-18-9-11-20(12-10-18)24(19-7-5-4-6-8-19)25-23(27)17-26(2)31(28,29)22-15-13-21(30-3)14-16-22/h4-16,24H,17H2,1-3H3,(H,25,27)/t24-/m0/s1. The molecule has 31 heavy (non-hydrogen) atoms. The predicted molar refractivity (Wildman–Crippen MR) is 126 cm³/mol. The molecule has 1 amide bonds. The first-order valence-corrected chi connectivity index (χ1v) is 12.5. The third-order valence-electron chi connectivity index (χ3n) is 4.98. The Hall–Kier alpha value is -2.61. The largest absolute Gasteiger partial charge is 0.344 e. The highest BCUT2D eigenvalue weighted by Gasteiger charge is 2.24. The Kier molecular flexibility index (Phi) is 7.54. The van der Waals surface area contributed by atoms with Crippen LogP contribution in [0.15, 0.2) is 88.7 Å². The van der Waals surface area contributed by atoms with Crippen molar-refractivity contribution in [1.82, 2.24) is 9.62 Å². The highest BCUT2D eigenvalue weighted by atomic mass is 32.2. The molecule has 0 bridgehead atoms. The molecule has 1 N–H and O–H groups in total. The second kappa shape index (κ2) is 10.1. The van der Waals surface area contributed by atoms with E-state index < -0.39 is 10.0 Å². The minimum absolute atomic E-state index is 0.166. The minimum atomic E-state index is -3.77. The van der Waals surface area contributed by atoms with Gasteiger partial charge in [-0.05, 0) is 48.6 Å². The van der Waals surface area contributed by atoms with Crippen LogP contribution in [0.4, 0.5) is 0 Å². The van der Waals surface area contributed by atoms with Gasteiger partial charge in [-0.25, -0.2) is 8.42 Å². The maximum Gasteiger partial charge on any atom is 0.243 e. The quantitative estimate of drug-likeness (QED) is 0.517. The Morgan fingerprint density at radius 2 is 1.52 bits per heavy atom. The molecule has 7 heteroatoms. The molecule has 0 fully saturated rings. The lowest BCUT2D eigenvalue weighted by molar-refractivity contribution is -0.121. The maximum atomic E-state index is 12.9. The van der Waals surface area contributed by atoms with Gasteiger partial charge in [-0.1, -0.05) is 60.2 Å². The SMILES string of the molecule is CSc1ccc(S(=O)(=O)N(C)CC(=O)N[C@@H](c2ccccc2)c2ccc(C)cc2)cc1. The molecule has 1 atom stereocenters. The van der Waals surface area contributed by atoms with Crippen molar-refractivity contribution in [3.05, 3.63) is 95.6 Å². The summed E-state index contributed by atoms with van der Waals surface area (Å²) in [5, 5.41) is 2.99. The highest BCUT2D eigenvalue weighted by molar-refractivity contribution is 7.98. The first-order valence-electron chi connectivity index (χ1n) is 9.82. The third-order valence-corrected chi connectivity index (χ3v) is 7.54. The monoisotopic (exact) mass is 454 g/mol. The summed E-state index contributed by atoms with van der Waals surface area (Å²) in [7, 11) is -2.35. The maximum absolute atomic E-state index is 12.9. The zero-order valence-electron chi connectivity index (χ0n) is 17.8. The number of benzene rings is 3. The Labute approximate surface area is 188 Å². The number of nitrogens with one attached hydrogen (secondary N) is 1. The Balaban J connectivity index is 1.77. The van der Waals surface area contributed by atoms with Gasteiger partial charge in [0.15, 0.2) is 0 Å². The topological polar surface area (TPSA) is 66.5 Å². The molecule has 0 unspecified atom stereocenters. The van der Waals surface area contributed by atoms with Crippen molar-refractivity contribution in [2.45, 2.75) is 22.8 Å². The van der Waals surface area contributed by atoms with Crippen LogP contribution in [0.25, 0.3) is 0 Å². The lowest BCUT2D eigenvalue weighted by atomic mass is 9.98. The van der Waals surface area contributed by atoms with Crippen LogP contribution in [-0.2, 0) is 14.8 Å². The van der Waals surface area contributed by atoms with Crippen molar-refractivity contribution >= 4 is 27.7 Å². The lowest BCUT2D eigenvalue weighted by Crippen LogP contribution is -2.40. The molecule has 0 saturated carbocycles. The summed E-state index contributed by atoms with van der Waals surface area (Å²) in [4.78, 5) is 14.0. The van der Waals surface area contributed by atoms with Crippen LogP contribution < -0.4 is 5.32 Å². The van der Waals surface area contributed by atoms with Crippen LogP contribution in [0.2, 0.25) is 0 Å². The lowest BCUT2D eigenvalue weighted by Gasteiger charge is -2.22. The van der Waals surface area contributed by atoms with Crippen molar-refractivity contribution in [1.29, 1.82) is 0 Å². The van der Waals surface area contributed by atoms with Gasteiger partial charge < -0.3 is 5.32 Å². The fraction of sp³-hybridized carbons (Fsp3) is 0.208. The van der Waals surface area contributed by atoms with E-state index in [4.69, 9.17) is 0 Å². The number of likely N-dealkylation sites (N-methyl/N-ethyl adjacent to an activating group) is 1. The second-order valence-electron chi connectivity index (χ2n) is 7.26. The molecule has 5 nitrogen and oxygen atoms in total. The summed E-state index contributed by atoms with van der Waals surface area (Å²) in [5.41, 5.74) is 2.99. The smallest absolute Gasteiger partial charge is 0.243 e. The van der Waals surface area contributed by atoms with Gasteiger partial charge in [-0.2, -0.15) is 4.31 Å². The minimum Gasteiger partial charge on any atom is -0.344 e. The van der Waals surface area contributed by atoms with Crippen molar-refractivity contribution in [2.24, 2.45) is 0 Å². The van der Waals surface area contributed by atoms with Crippen molar-refractivity contribution in [3.8, 4) is 0 Å². The van der Waals surface area contributed by atoms with E-state index in [2.05, 4.69) is 5.32 Å². The summed E-state index contributed by atoms with van der Waals surface area (Å²) in [6.07, 6.45) is 1.93. The Bertz CT molecular complexity index is 1110. The summed E-state index contributed by atoms with van der Waals surface area (Å²) in [5.74, 6) is -0.374. The summed E-state index contributed by atoms with van der Waals surface area (Å²) < 4.78 is 26.8. The normalized spacial score (nSPS) is 12.5. The molecule has 0 aromatic heterocycles. The van der Waals surface area contributed by atoms with Gasteiger partial charge in [-0.3, -0.25) is 4.79 Å². The number of amides is 1. The molecule has 0 radical (unpaired) electrons. The Morgan fingerprint density at radius 1 is 0.935 bits per heavy atom. The van der Waals surface area contributed by atoms with Gasteiger partial charge in [0.05, 0.1) is 17.5 Å². The first-order chi connectivity index (χ1) is 14.8. The van der Waals surface area contributed by atoms with E-state index in [1.807, 2.05) is 67.8 Å². The zero-order chi connectivity index (χ0) is 22.4. The molecule has 3 aromatic rings. The van der Waals surface area contributed by atoms with E-state index in [0.717, 1.165) is 25.9 Å². The van der Waals surface area contributed by atoms with Gasteiger partial charge in [-0.15, -0.1) is 11.8 Å². The van der Waals surface area contributed by atoms with Gasteiger partial charge in [0.2, 0.25) is 15.9 Å². The molecule has 0 spiro atoms. The van der Waals surface area contributed by atoms with Crippen LogP contribution in [-0.4, -0.2) is 38.5 Å². The zero-order valence-corrected chi connectivity index (χ0v) is 19.4. The van der Waals surface area contributed by atoms with E-state index in [1.165, 1.54) is 18.8 Å². The fourth-order valence-electron chi connectivity index (χ4n) is 3.18. The number of aryl methyl sites for hydroxylation is 1. The molecule has 3 rings (SSSR count).